The molecule has 0 radical (unpaired) electrons. The number of carbonyl (C=O) groups excluding carboxylic acids is 3. The van der Waals surface area contributed by atoms with Gasteiger partial charge in [0.2, 0.25) is 11.8 Å². The maximum absolute atomic E-state index is 13.4. The lowest BCUT2D eigenvalue weighted by Crippen LogP contribution is -2.59. The molecule has 2 rings (SSSR count). The fourth-order valence-corrected chi connectivity index (χ4v) is 4.13. The number of hydrogen-bond acceptors (Lipinski definition) is 5. The second kappa shape index (κ2) is 15.4. The van der Waals surface area contributed by atoms with Crippen LogP contribution in [0.2, 0.25) is 5.02 Å². The van der Waals surface area contributed by atoms with Crippen molar-refractivity contribution in [2.24, 2.45) is 11.8 Å². The molecule has 0 aliphatic heterocycles. The zero-order chi connectivity index (χ0) is 28.2. The Labute approximate surface area is 229 Å². The Balaban J connectivity index is 2.19. The van der Waals surface area contributed by atoms with Crippen molar-refractivity contribution in [2.75, 3.05) is 0 Å². The van der Waals surface area contributed by atoms with Crippen molar-refractivity contribution in [2.45, 2.75) is 65.1 Å². The number of benzene rings is 2. The van der Waals surface area contributed by atoms with Gasteiger partial charge in [0.15, 0.2) is 0 Å². The number of nitrogens with one attached hydrogen (secondary N) is 4. The normalized spacial score (nSPS) is 13.4. The van der Waals surface area contributed by atoms with Crippen LogP contribution in [0.25, 0.3) is 0 Å². The molecule has 0 aliphatic rings. The van der Waals surface area contributed by atoms with Gasteiger partial charge in [0.05, 0.1) is 5.94 Å². The lowest BCUT2D eigenvalue weighted by Gasteiger charge is -2.27. The molecule has 3 atom stereocenters. The molecule has 38 heavy (non-hydrogen) atoms. The smallest absolute Gasteiger partial charge is 0.426 e. The summed E-state index contributed by atoms with van der Waals surface area (Å²) < 4.78 is 0. The van der Waals surface area contributed by atoms with E-state index in [1.165, 1.54) is 0 Å². The van der Waals surface area contributed by atoms with E-state index in [0.29, 0.717) is 11.4 Å². The molecule has 0 saturated heterocycles. The second-order valence-electron chi connectivity index (χ2n) is 10.1. The SMILES string of the molecule is CC(C)C[C@H](NC(=O)[C@H](Cc1cccc(Cl)c1)NC(=O)NCc1ccccc1)C(=O)N[C@H](B(O)O)C(C)C. The van der Waals surface area contributed by atoms with Crippen molar-refractivity contribution in [1.82, 2.24) is 21.3 Å². The van der Waals surface area contributed by atoms with Gasteiger partial charge in [-0.15, -0.1) is 0 Å². The molecule has 2 aromatic rings. The van der Waals surface area contributed by atoms with E-state index in [1.54, 1.807) is 38.1 Å². The largest absolute Gasteiger partial charge is 0.475 e. The summed E-state index contributed by atoms with van der Waals surface area (Å²) in [6.07, 6.45) is 0.457. The molecule has 0 spiro atoms. The van der Waals surface area contributed by atoms with Crippen LogP contribution in [-0.4, -0.2) is 53.0 Å². The molecule has 4 amide bonds. The van der Waals surface area contributed by atoms with Gasteiger partial charge in [0.1, 0.15) is 12.1 Å². The first-order chi connectivity index (χ1) is 18.0. The Morgan fingerprint density at radius 1 is 0.842 bits per heavy atom. The molecular weight excluding hydrogens is 507 g/mol. The maximum Gasteiger partial charge on any atom is 0.475 e. The van der Waals surface area contributed by atoms with Crippen LogP contribution in [0.3, 0.4) is 0 Å². The second-order valence-corrected chi connectivity index (χ2v) is 10.5. The van der Waals surface area contributed by atoms with Gasteiger partial charge in [0.25, 0.3) is 0 Å². The Morgan fingerprint density at radius 2 is 1.47 bits per heavy atom. The van der Waals surface area contributed by atoms with E-state index < -0.39 is 43.0 Å². The zero-order valence-electron chi connectivity index (χ0n) is 22.3. The van der Waals surface area contributed by atoms with E-state index in [0.717, 1.165) is 11.1 Å². The molecule has 0 aromatic heterocycles. The van der Waals surface area contributed by atoms with Gasteiger partial charge in [-0.3, -0.25) is 9.59 Å². The van der Waals surface area contributed by atoms with Crippen molar-refractivity contribution in [3.05, 3.63) is 70.7 Å². The molecule has 206 valence electrons. The monoisotopic (exact) mass is 544 g/mol. The summed E-state index contributed by atoms with van der Waals surface area (Å²) in [6, 6.07) is 13.8. The van der Waals surface area contributed by atoms with Gasteiger partial charge in [-0.1, -0.05) is 81.8 Å². The predicted molar refractivity (Wildman–Crippen MR) is 149 cm³/mol. The van der Waals surface area contributed by atoms with E-state index in [1.807, 2.05) is 44.2 Å². The topological polar surface area (TPSA) is 140 Å². The van der Waals surface area contributed by atoms with Crippen LogP contribution in [0.1, 0.15) is 45.2 Å². The molecule has 9 nitrogen and oxygen atoms in total. The van der Waals surface area contributed by atoms with Crippen molar-refractivity contribution < 1.29 is 24.4 Å². The van der Waals surface area contributed by atoms with Gasteiger partial charge in [-0.05, 0) is 41.5 Å². The third-order valence-electron chi connectivity index (χ3n) is 5.94. The lowest BCUT2D eigenvalue weighted by atomic mass is 9.73. The summed E-state index contributed by atoms with van der Waals surface area (Å²) >= 11 is 6.12. The highest BCUT2D eigenvalue weighted by atomic mass is 35.5. The van der Waals surface area contributed by atoms with Gasteiger partial charge < -0.3 is 31.3 Å². The Hall–Kier alpha value is -3.08. The fourth-order valence-electron chi connectivity index (χ4n) is 3.92. The number of rotatable bonds is 13. The maximum atomic E-state index is 13.4. The molecule has 0 aliphatic carbocycles. The minimum Gasteiger partial charge on any atom is -0.426 e. The summed E-state index contributed by atoms with van der Waals surface area (Å²) in [5.41, 5.74) is 1.63. The Kier molecular flexibility index (Phi) is 12.6. The van der Waals surface area contributed by atoms with Crippen LogP contribution in [0.5, 0.6) is 0 Å². The molecule has 6 N–H and O–H groups in total. The Morgan fingerprint density at radius 3 is 2.05 bits per heavy atom. The molecule has 2 aromatic carbocycles. The van der Waals surface area contributed by atoms with Crippen molar-refractivity contribution in [1.29, 1.82) is 0 Å². The van der Waals surface area contributed by atoms with Crippen LogP contribution in [0.4, 0.5) is 4.79 Å². The summed E-state index contributed by atoms with van der Waals surface area (Å²) in [7, 11) is -1.75. The van der Waals surface area contributed by atoms with Crippen molar-refractivity contribution >= 4 is 36.6 Å². The third-order valence-corrected chi connectivity index (χ3v) is 6.17. The van der Waals surface area contributed by atoms with Crippen LogP contribution >= 0.6 is 11.6 Å². The standard InChI is InChI=1S/C27H38BClN4O5/c1-17(2)13-22(26(35)33-24(18(3)4)28(37)38)31-25(34)23(15-20-11-8-12-21(29)14-20)32-27(36)30-16-19-9-6-5-7-10-19/h5-12,14,17-18,22-24,37-38H,13,15-16H2,1-4H3,(H,31,34)(H,33,35)(H2,30,32,36)/t22-,23-,24-/m0/s1. The van der Waals surface area contributed by atoms with Crippen molar-refractivity contribution in [3.63, 3.8) is 0 Å². The number of carbonyl (C=O) groups is 3. The molecule has 0 heterocycles. The summed E-state index contributed by atoms with van der Waals surface area (Å²) in [5.74, 6) is -2.19. The zero-order valence-corrected chi connectivity index (χ0v) is 23.0. The molecule has 0 unspecified atom stereocenters. The highest BCUT2D eigenvalue weighted by Gasteiger charge is 2.33. The molecule has 0 saturated carbocycles. The highest BCUT2D eigenvalue weighted by molar-refractivity contribution is 6.43. The van der Waals surface area contributed by atoms with Crippen LogP contribution in [0.15, 0.2) is 54.6 Å². The highest BCUT2D eigenvalue weighted by Crippen LogP contribution is 2.14. The first kappa shape index (κ1) is 31.1. The summed E-state index contributed by atoms with van der Waals surface area (Å²) in [5, 5.41) is 30.7. The molecule has 0 bridgehead atoms. The number of amides is 4. The average molecular weight is 545 g/mol. The van der Waals surface area contributed by atoms with E-state index in [4.69, 9.17) is 11.6 Å². The fraction of sp³-hybridized carbons (Fsp3) is 0.444. The van der Waals surface area contributed by atoms with Gasteiger partial charge in [-0.25, -0.2) is 4.79 Å². The van der Waals surface area contributed by atoms with Crippen LogP contribution in [-0.2, 0) is 22.6 Å². The minimum atomic E-state index is -1.75. The van der Waals surface area contributed by atoms with E-state index >= 15 is 0 Å². The first-order valence-electron chi connectivity index (χ1n) is 12.8. The lowest BCUT2D eigenvalue weighted by molar-refractivity contribution is -0.130. The number of urea groups is 1. The van der Waals surface area contributed by atoms with Crippen LogP contribution < -0.4 is 21.3 Å². The summed E-state index contributed by atoms with van der Waals surface area (Å²) in [6.45, 7) is 7.59. The van der Waals surface area contributed by atoms with E-state index in [9.17, 15) is 24.4 Å². The van der Waals surface area contributed by atoms with E-state index in [2.05, 4.69) is 21.3 Å². The number of halogens is 1. The first-order valence-corrected chi connectivity index (χ1v) is 13.1. The Bertz CT molecular complexity index is 1050. The van der Waals surface area contributed by atoms with Crippen molar-refractivity contribution in [3.8, 4) is 0 Å². The van der Waals surface area contributed by atoms with Gasteiger partial charge in [-0.2, -0.15) is 0 Å². The third kappa shape index (κ3) is 10.7. The predicted octanol–water partition coefficient (Wildman–Crippen LogP) is 2.43. The molecule has 11 heteroatoms. The summed E-state index contributed by atoms with van der Waals surface area (Å²) in [4.78, 5) is 39.2. The minimum absolute atomic E-state index is 0.0520. The quantitative estimate of drug-likeness (QED) is 0.215. The average Bonchev–Trinajstić information content (AvgIpc) is 2.85. The van der Waals surface area contributed by atoms with Gasteiger partial charge in [0, 0.05) is 18.0 Å². The van der Waals surface area contributed by atoms with Crippen LogP contribution in [0, 0.1) is 11.8 Å². The number of hydrogen-bond donors (Lipinski definition) is 6. The molecule has 0 fully saturated rings. The van der Waals surface area contributed by atoms with E-state index in [-0.39, 0.29) is 24.8 Å². The molecular formula is C27H38BClN4O5. The van der Waals surface area contributed by atoms with Gasteiger partial charge >= 0.3 is 13.1 Å².